The minimum Gasteiger partial charge on any atom is -0.497 e. The van der Waals surface area contributed by atoms with Crippen LogP contribution in [0.15, 0.2) is 51.9 Å². The van der Waals surface area contributed by atoms with E-state index in [0.29, 0.717) is 29.3 Å². The molecule has 0 spiro atoms. The van der Waals surface area contributed by atoms with Gasteiger partial charge in [0, 0.05) is 24.6 Å². The molecule has 38 heavy (non-hydrogen) atoms. The molecular weight excluding hydrogens is 531 g/mol. The summed E-state index contributed by atoms with van der Waals surface area (Å²) in [6, 6.07) is 11.6. The fourth-order valence-corrected chi connectivity index (χ4v) is 6.97. The number of ether oxygens (including phenoxy) is 1. The number of methoxy groups -OCH3 is 1. The van der Waals surface area contributed by atoms with E-state index in [1.165, 1.54) is 33.9 Å². The van der Waals surface area contributed by atoms with E-state index < -0.39 is 15.8 Å². The van der Waals surface area contributed by atoms with Crippen LogP contribution in [0.2, 0.25) is 0 Å². The number of piperidine rings is 1. The fourth-order valence-electron chi connectivity index (χ4n) is 4.35. The van der Waals surface area contributed by atoms with Gasteiger partial charge in [0.15, 0.2) is 15.8 Å². The van der Waals surface area contributed by atoms with Crippen molar-refractivity contribution in [2.45, 2.75) is 24.7 Å². The van der Waals surface area contributed by atoms with Crippen molar-refractivity contribution in [3.05, 3.63) is 65.3 Å². The van der Waals surface area contributed by atoms with Crippen molar-refractivity contribution in [1.29, 1.82) is 0 Å². The smallest absolute Gasteiger partial charge is 0.248 e. The molecule has 0 saturated carbocycles. The maximum absolute atomic E-state index is 14.0. The van der Waals surface area contributed by atoms with Crippen molar-refractivity contribution in [3.63, 3.8) is 0 Å². The van der Waals surface area contributed by atoms with Gasteiger partial charge in [-0.3, -0.25) is 4.79 Å². The second-order valence-corrected chi connectivity index (χ2v) is 11.7. The van der Waals surface area contributed by atoms with Gasteiger partial charge in [0.25, 0.3) is 0 Å². The zero-order valence-corrected chi connectivity index (χ0v) is 22.3. The molecule has 0 bridgehead atoms. The third-order valence-corrected chi connectivity index (χ3v) is 9.39. The van der Waals surface area contributed by atoms with Gasteiger partial charge in [-0.15, -0.1) is 0 Å². The first kappa shape index (κ1) is 26.0. The summed E-state index contributed by atoms with van der Waals surface area (Å²) < 4.78 is 53.7. The summed E-state index contributed by atoms with van der Waals surface area (Å²) in [5, 5.41) is 7.18. The molecule has 9 nitrogen and oxygen atoms in total. The van der Waals surface area contributed by atoms with Crippen molar-refractivity contribution in [1.82, 2.24) is 14.4 Å². The Morgan fingerprint density at radius 1 is 1.21 bits per heavy atom. The number of amides is 1. The van der Waals surface area contributed by atoms with E-state index in [-0.39, 0.29) is 41.3 Å². The maximum atomic E-state index is 14.0. The summed E-state index contributed by atoms with van der Waals surface area (Å²) in [5.41, 5.74) is 1.27. The summed E-state index contributed by atoms with van der Waals surface area (Å²) in [6.07, 6.45) is 3.56. The number of sulfonamides is 1. The quantitative estimate of drug-likeness (QED) is 0.343. The van der Waals surface area contributed by atoms with Crippen molar-refractivity contribution in [2.75, 3.05) is 25.5 Å². The zero-order valence-electron chi connectivity index (χ0n) is 20.7. The molecule has 0 radical (unpaired) electrons. The van der Waals surface area contributed by atoms with Gasteiger partial charge in [-0.25, -0.2) is 17.8 Å². The van der Waals surface area contributed by atoms with Gasteiger partial charge in [0.2, 0.25) is 15.9 Å². The number of nitrogens with zero attached hydrogens (tertiary/aromatic N) is 3. The SMILES string of the molecule is COc1ccc2nc(NC(=O)C3CCN(S(=O)(=O)c4c(C)noc4C=Cc4ccccc4F)CC3)sc2c1. The average molecular weight is 557 g/mol. The molecule has 2 aromatic carbocycles. The summed E-state index contributed by atoms with van der Waals surface area (Å²) in [7, 11) is -2.36. The van der Waals surface area contributed by atoms with E-state index in [1.807, 2.05) is 18.2 Å². The van der Waals surface area contributed by atoms with Crippen LogP contribution in [0.5, 0.6) is 5.75 Å². The molecule has 3 heterocycles. The highest BCUT2D eigenvalue weighted by molar-refractivity contribution is 7.89. The van der Waals surface area contributed by atoms with Gasteiger partial charge in [0.1, 0.15) is 17.3 Å². The number of hydrogen-bond acceptors (Lipinski definition) is 8. The molecule has 5 rings (SSSR count). The van der Waals surface area contributed by atoms with Gasteiger partial charge >= 0.3 is 0 Å². The molecule has 2 aromatic heterocycles. The number of rotatable bonds is 7. The van der Waals surface area contributed by atoms with Crippen LogP contribution in [0.3, 0.4) is 0 Å². The van der Waals surface area contributed by atoms with Crippen molar-refractivity contribution in [3.8, 4) is 5.75 Å². The first-order chi connectivity index (χ1) is 18.3. The lowest BCUT2D eigenvalue weighted by Crippen LogP contribution is -2.41. The van der Waals surface area contributed by atoms with Crippen molar-refractivity contribution in [2.24, 2.45) is 5.92 Å². The minimum atomic E-state index is -3.95. The number of thiazole rings is 1. The lowest BCUT2D eigenvalue weighted by Gasteiger charge is -2.30. The molecule has 1 saturated heterocycles. The van der Waals surface area contributed by atoms with E-state index in [2.05, 4.69) is 15.5 Å². The normalized spacial score (nSPS) is 15.3. The topological polar surface area (TPSA) is 115 Å². The van der Waals surface area contributed by atoms with Crippen LogP contribution in [0.25, 0.3) is 22.4 Å². The monoisotopic (exact) mass is 556 g/mol. The molecule has 1 fully saturated rings. The Bertz CT molecular complexity index is 1620. The minimum absolute atomic E-state index is 0.0260. The Morgan fingerprint density at radius 3 is 2.71 bits per heavy atom. The number of aromatic nitrogens is 2. The summed E-state index contributed by atoms with van der Waals surface area (Å²) in [6.45, 7) is 1.88. The Balaban J connectivity index is 1.26. The fraction of sp³-hybridized carbons (Fsp3) is 0.269. The maximum Gasteiger partial charge on any atom is 0.248 e. The van der Waals surface area contributed by atoms with Crippen LogP contribution in [0.4, 0.5) is 9.52 Å². The average Bonchev–Trinajstić information content (AvgIpc) is 3.50. The highest BCUT2D eigenvalue weighted by Gasteiger charge is 2.36. The van der Waals surface area contributed by atoms with Gasteiger partial charge in [-0.2, -0.15) is 4.31 Å². The molecule has 0 aliphatic carbocycles. The molecule has 198 valence electrons. The largest absolute Gasteiger partial charge is 0.497 e. The Hall–Kier alpha value is -3.61. The summed E-state index contributed by atoms with van der Waals surface area (Å²) in [5.74, 6) is -0.246. The Labute approximate surface area is 223 Å². The molecular formula is C26H25FN4O5S2. The second kappa shape index (κ2) is 10.6. The number of anilines is 1. The molecule has 1 aliphatic rings. The highest BCUT2D eigenvalue weighted by atomic mass is 32.2. The number of hydrogen-bond donors (Lipinski definition) is 1. The zero-order chi connectivity index (χ0) is 26.9. The van der Waals surface area contributed by atoms with E-state index in [1.54, 1.807) is 32.2 Å². The van der Waals surface area contributed by atoms with Crippen molar-refractivity contribution >= 4 is 54.8 Å². The lowest BCUT2D eigenvalue weighted by molar-refractivity contribution is -0.120. The van der Waals surface area contributed by atoms with Crippen LogP contribution < -0.4 is 10.1 Å². The number of nitrogens with one attached hydrogen (secondary N) is 1. The predicted octanol–water partition coefficient (Wildman–Crippen LogP) is 4.95. The number of carbonyl (C=O) groups excluding carboxylic acids is 1. The van der Waals surface area contributed by atoms with E-state index in [9.17, 15) is 17.6 Å². The summed E-state index contributed by atoms with van der Waals surface area (Å²) in [4.78, 5) is 17.3. The number of halogens is 1. The molecule has 1 aliphatic heterocycles. The predicted molar refractivity (Wildman–Crippen MR) is 143 cm³/mol. The van der Waals surface area contributed by atoms with E-state index in [4.69, 9.17) is 9.26 Å². The first-order valence-electron chi connectivity index (χ1n) is 11.9. The number of aryl methyl sites for hydroxylation is 1. The third-order valence-electron chi connectivity index (χ3n) is 6.40. The summed E-state index contributed by atoms with van der Waals surface area (Å²) >= 11 is 1.35. The number of benzene rings is 2. The van der Waals surface area contributed by atoms with Gasteiger partial charge in [-0.05, 0) is 56.2 Å². The van der Waals surface area contributed by atoms with Crippen LogP contribution in [0, 0.1) is 18.7 Å². The molecule has 4 aromatic rings. The first-order valence-corrected chi connectivity index (χ1v) is 14.2. The Morgan fingerprint density at radius 2 is 1.97 bits per heavy atom. The lowest BCUT2D eigenvalue weighted by atomic mass is 9.97. The number of carbonyl (C=O) groups is 1. The molecule has 1 amide bonds. The van der Waals surface area contributed by atoms with Gasteiger partial charge in [-0.1, -0.05) is 34.7 Å². The third kappa shape index (κ3) is 5.19. The van der Waals surface area contributed by atoms with Crippen LogP contribution in [-0.4, -0.2) is 49.0 Å². The molecule has 12 heteroatoms. The standard InChI is InChI=1S/C26H25FN4O5S2/c1-16-24(22(36-30-16)10-7-17-5-3-4-6-20(17)27)38(33,34)31-13-11-18(12-14-31)25(32)29-26-28-21-9-8-19(35-2)15-23(21)37-26/h3-10,15,18H,11-14H2,1-2H3,(H,28,29,32). The Kier molecular flexibility index (Phi) is 7.28. The molecule has 1 N–H and O–H groups in total. The second-order valence-electron chi connectivity index (χ2n) is 8.84. The van der Waals surface area contributed by atoms with Crippen LogP contribution in [0.1, 0.15) is 29.9 Å². The van der Waals surface area contributed by atoms with Gasteiger partial charge in [0.05, 0.1) is 17.3 Å². The van der Waals surface area contributed by atoms with E-state index in [0.717, 1.165) is 10.2 Å². The van der Waals surface area contributed by atoms with Crippen LogP contribution >= 0.6 is 11.3 Å². The molecule has 0 atom stereocenters. The highest BCUT2D eigenvalue weighted by Crippen LogP contribution is 2.32. The van der Waals surface area contributed by atoms with Crippen LogP contribution in [-0.2, 0) is 14.8 Å². The van der Waals surface area contributed by atoms with E-state index >= 15 is 0 Å². The number of fused-ring (bicyclic) bond motifs is 1. The van der Waals surface area contributed by atoms with Gasteiger partial charge < -0.3 is 14.6 Å². The molecule has 0 unspecified atom stereocenters. The van der Waals surface area contributed by atoms with Crippen molar-refractivity contribution < 1.29 is 26.9 Å².